The zero-order chi connectivity index (χ0) is 22.2. The molecule has 3 aromatic rings. The largest absolute Gasteiger partial charge is 0.483 e. The molecule has 0 amide bonds. The number of aromatic nitrogens is 3. The van der Waals surface area contributed by atoms with Crippen LogP contribution in [-0.4, -0.2) is 41.6 Å². The van der Waals surface area contributed by atoms with E-state index in [1.807, 2.05) is 23.6 Å². The molecule has 1 atom stereocenters. The fraction of sp³-hybridized carbons (Fsp3) is 0.318. The Balaban J connectivity index is 1.73. The van der Waals surface area contributed by atoms with E-state index in [0.29, 0.717) is 28.9 Å². The van der Waals surface area contributed by atoms with Crippen LogP contribution in [0, 0.1) is 5.82 Å². The van der Waals surface area contributed by atoms with Gasteiger partial charge >= 0.3 is 5.97 Å². The molecular formula is C22H24FN3O4S. The van der Waals surface area contributed by atoms with Gasteiger partial charge < -0.3 is 14.2 Å². The van der Waals surface area contributed by atoms with Crippen molar-refractivity contribution in [2.24, 2.45) is 0 Å². The highest BCUT2D eigenvalue weighted by Crippen LogP contribution is 2.26. The Bertz CT molecular complexity index is 1010. The maximum Gasteiger partial charge on any atom is 0.337 e. The predicted molar refractivity (Wildman–Crippen MR) is 115 cm³/mol. The summed E-state index contributed by atoms with van der Waals surface area (Å²) in [6.45, 7) is 2.54. The number of halogens is 1. The Hall–Kier alpha value is -2.91. The van der Waals surface area contributed by atoms with E-state index in [0.717, 1.165) is 5.56 Å². The minimum atomic E-state index is -0.427. The molecule has 1 heterocycles. The summed E-state index contributed by atoms with van der Waals surface area (Å²) in [7, 11) is 2.99. The fourth-order valence-electron chi connectivity index (χ4n) is 2.97. The third kappa shape index (κ3) is 5.83. The third-order valence-electron chi connectivity index (χ3n) is 4.52. The van der Waals surface area contributed by atoms with Gasteiger partial charge in [0, 0.05) is 12.9 Å². The van der Waals surface area contributed by atoms with Gasteiger partial charge in [0.15, 0.2) is 22.5 Å². The summed E-state index contributed by atoms with van der Waals surface area (Å²) < 4.78 is 31.5. The first-order chi connectivity index (χ1) is 15.0. The number of esters is 1. The van der Waals surface area contributed by atoms with Gasteiger partial charge in [0.05, 0.1) is 25.3 Å². The van der Waals surface area contributed by atoms with Crippen molar-refractivity contribution in [1.29, 1.82) is 0 Å². The summed E-state index contributed by atoms with van der Waals surface area (Å²) in [5, 5.41) is 9.26. The molecule has 31 heavy (non-hydrogen) atoms. The van der Waals surface area contributed by atoms with E-state index in [1.54, 1.807) is 37.4 Å². The maximum atomic E-state index is 13.9. The van der Waals surface area contributed by atoms with Gasteiger partial charge in [-0.05, 0) is 36.8 Å². The Morgan fingerprint density at radius 3 is 2.55 bits per heavy atom. The second-order valence-corrected chi connectivity index (χ2v) is 7.71. The second-order valence-electron chi connectivity index (χ2n) is 6.77. The molecule has 0 bridgehead atoms. The molecule has 2 aromatic carbocycles. The summed E-state index contributed by atoms with van der Waals surface area (Å²) in [4.78, 5) is 11.6. The summed E-state index contributed by atoms with van der Waals surface area (Å²) in [6, 6.07) is 13.4. The van der Waals surface area contributed by atoms with Crippen molar-refractivity contribution in [1.82, 2.24) is 14.8 Å². The molecule has 0 aliphatic rings. The van der Waals surface area contributed by atoms with Gasteiger partial charge in [-0.15, -0.1) is 10.2 Å². The number of methoxy groups -OCH3 is 2. The Labute approximate surface area is 184 Å². The quantitative estimate of drug-likeness (QED) is 0.340. The smallest absolute Gasteiger partial charge is 0.337 e. The number of thioether (sulfide) groups is 1. The van der Waals surface area contributed by atoms with Gasteiger partial charge in [0.25, 0.3) is 0 Å². The monoisotopic (exact) mass is 445 g/mol. The highest BCUT2D eigenvalue weighted by Gasteiger charge is 2.19. The lowest BCUT2D eigenvalue weighted by molar-refractivity contribution is 0.0600. The van der Waals surface area contributed by atoms with E-state index in [4.69, 9.17) is 14.2 Å². The summed E-state index contributed by atoms with van der Waals surface area (Å²) in [5.41, 5.74) is 1.52. The number of benzene rings is 2. The van der Waals surface area contributed by atoms with E-state index in [1.165, 1.54) is 24.9 Å². The van der Waals surface area contributed by atoms with Crippen LogP contribution in [0.25, 0.3) is 0 Å². The molecule has 0 saturated heterocycles. The van der Waals surface area contributed by atoms with Gasteiger partial charge in [-0.2, -0.15) is 0 Å². The lowest BCUT2D eigenvalue weighted by Crippen LogP contribution is -2.16. The van der Waals surface area contributed by atoms with Crippen molar-refractivity contribution < 1.29 is 23.4 Å². The molecule has 3 rings (SSSR count). The standard InChI is InChI=1S/C22H24FN3O4S/c1-15(12-28-2)26-20(13-30-19-7-5-4-6-18(19)23)24-25-22(26)31-14-16-8-10-17(11-9-16)21(27)29-3/h4-11,15H,12-14H2,1-3H3/t15-/m0/s1. The van der Waals surface area contributed by atoms with Crippen LogP contribution in [0.2, 0.25) is 0 Å². The van der Waals surface area contributed by atoms with E-state index < -0.39 is 5.82 Å². The Morgan fingerprint density at radius 2 is 1.87 bits per heavy atom. The predicted octanol–water partition coefficient (Wildman–Crippen LogP) is 4.28. The van der Waals surface area contributed by atoms with Crippen molar-refractivity contribution in [3.05, 3.63) is 71.3 Å². The molecule has 7 nitrogen and oxygen atoms in total. The lowest BCUT2D eigenvalue weighted by Gasteiger charge is -2.17. The average molecular weight is 446 g/mol. The highest BCUT2D eigenvalue weighted by molar-refractivity contribution is 7.98. The lowest BCUT2D eigenvalue weighted by atomic mass is 10.1. The molecule has 0 aliphatic carbocycles. The first-order valence-corrected chi connectivity index (χ1v) is 10.6. The van der Waals surface area contributed by atoms with Crippen LogP contribution in [0.4, 0.5) is 4.39 Å². The number of carbonyl (C=O) groups excluding carboxylic acids is 1. The normalized spacial score (nSPS) is 11.9. The van der Waals surface area contributed by atoms with E-state index in [-0.39, 0.29) is 24.4 Å². The summed E-state index contributed by atoms with van der Waals surface area (Å²) in [6.07, 6.45) is 0. The van der Waals surface area contributed by atoms with Crippen LogP contribution in [0.5, 0.6) is 5.75 Å². The first kappa shape index (κ1) is 22.8. The van der Waals surface area contributed by atoms with Gasteiger partial charge in [0.1, 0.15) is 6.61 Å². The number of para-hydroxylation sites is 1. The second kappa shape index (κ2) is 10.9. The van der Waals surface area contributed by atoms with E-state index >= 15 is 0 Å². The van der Waals surface area contributed by atoms with Crippen LogP contribution in [0.1, 0.15) is 34.7 Å². The highest BCUT2D eigenvalue weighted by atomic mass is 32.2. The topological polar surface area (TPSA) is 75.5 Å². The minimum absolute atomic E-state index is 0.0385. The molecule has 1 aromatic heterocycles. The van der Waals surface area contributed by atoms with Crippen molar-refractivity contribution >= 4 is 17.7 Å². The van der Waals surface area contributed by atoms with Crippen LogP contribution >= 0.6 is 11.8 Å². The van der Waals surface area contributed by atoms with Crippen molar-refractivity contribution in [2.75, 3.05) is 20.8 Å². The summed E-state index contributed by atoms with van der Waals surface area (Å²) in [5.74, 6) is 0.580. The number of carbonyl (C=O) groups is 1. The first-order valence-electron chi connectivity index (χ1n) is 9.63. The number of nitrogens with zero attached hydrogens (tertiary/aromatic N) is 3. The zero-order valence-corrected chi connectivity index (χ0v) is 18.4. The van der Waals surface area contributed by atoms with Gasteiger partial charge in [0.2, 0.25) is 0 Å². The molecular weight excluding hydrogens is 421 g/mol. The fourth-order valence-corrected chi connectivity index (χ4v) is 3.98. The SMILES string of the molecule is COC[C@H](C)n1c(COc2ccccc2F)nnc1SCc1ccc(C(=O)OC)cc1. The maximum absolute atomic E-state index is 13.9. The number of ether oxygens (including phenoxy) is 3. The molecule has 164 valence electrons. The number of hydrogen-bond donors (Lipinski definition) is 0. The molecule has 0 unspecified atom stereocenters. The Morgan fingerprint density at radius 1 is 1.13 bits per heavy atom. The molecule has 0 spiro atoms. The van der Waals surface area contributed by atoms with Gasteiger partial charge in [-0.25, -0.2) is 9.18 Å². The third-order valence-corrected chi connectivity index (χ3v) is 5.53. The van der Waals surface area contributed by atoms with Crippen molar-refractivity contribution in [3.8, 4) is 5.75 Å². The summed E-state index contributed by atoms with van der Waals surface area (Å²) >= 11 is 1.51. The number of rotatable bonds is 10. The van der Waals surface area contributed by atoms with Crippen molar-refractivity contribution in [2.45, 2.75) is 30.5 Å². The van der Waals surface area contributed by atoms with Crippen LogP contribution in [-0.2, 0) is 21.8 Å². The number of hydrogen-bond acceptors (Lipinski definition) is 7. The van der Waals surface area contributed by atoms with E-state index in [2.05, 4.69) is 10.2 Å². The molecule has 0 aliphatic heterocycles. The molecule has 0 fully saturated rings. The van der Waals surface area contributed by atoms with Crippen LogP contribution < -0.4 is 4.74 Å². The molecule has 9 heteroatoms. The molecule has 0 saturated carbocycles. The van der Waals surface area contributed by atoms with Crippen molar-refractivity contribution in [3.63, 3.8) is 0 Å². The molecule has 0 radical (unpaired) electrons. The molecule has 0 N–H and O–H groups in total. The minimum Gasteiger partial charge on any atom is -0.483 e. The zero-order valence-electron chi connectivity index (χ0n) is 17.6. The van der Waals surface area contributed by atoms with E-state index in [9.17, 15) is 9.18 Å². The van der Waals surface area contributed by atoms with Gasteiger partial charge in [-0.3, -0.25) is 4.57 Å². The van der Waals surface area contributed by atoms with Crippen LogP contribution in [0.3, 0.4) is 0 Å². The van der Waals surface area contributed by atoms with Gasteiger partial charge in [-0.1, -0.05) is 36.0 Å². The van der Waals surface area contributed by atoms with Crippen LogP contribution in [0.15, 0.2) is 53.7 Å². The average Bonchev–Trinajstić information content (AvgIpc) is 3.20. The Kier molecular flexibility index (Phi) is 8.02.